The standard InChI is InChI=1S/C15H26N2OS/c18-15(10-19-14-3-5-16-6-4-14)17-9-13-8-11-1-2-12(13)7-11/h11-14,16H,1-10H2,(H,17,18). The maximum Gasteiger partial charge on any atom is 0.230 e. The summed E-state index contributed by atoms with van der Waals surface area (Å²) >= 11 is 1.85. The first kappa shape index (κ1) is 13.7. The third kappa shape index (κ3) is 3.66. The van der Waals surface area contributed by atoms with Crippen LogP contribution in [-0.4, -0.2) is 36.5 Å². The topological polar surface area (TPSA) is 41.1 Å². The molecule has 2 N–H and O–H groups in total. The highest BCUT2D eigenvalue weighted by Gasteiger charge is 2.39. The maximum atomic E-state index is 11.9. The van der Waals surface area contributed by atoms with Gasteiger partial charge in [-0.1, -0.05) is 6.42 Å². The molecule has 1 aliphatic heterocycles. The zero-order valence-corrected chi connectivity index (χ0v) is 12.5. The molecule has 0 radical (unpaired) electrons. The van der Waals surface area contributed by atoms with E-state index in [2.05, 4.69) is 10.6 Å². The van der Waals surface area contributed by atoms with Crippen molar-refractivity contribution in [1.29, 1.82) is 0 Å². The highest BCUT2D eigenvalue weighted by Crippen LogP contribution is 2.47. The summed E-state index contributed by atoms with van der Waals surface area (Å²) in [7, 11) is 0. The van der Waals surface area contributed by atoms with Gasteiger partial charge in [0.25, 0.3) is 0 Å². The van der Waals surface area contributed by atoms with Crippen molar-refractivity contribution >= 4 is 17.7 Å². The summed E-state index contributed by atoms with van der Waals surface area (Å²) in [6.07, 6.45) is 8.08. The Morgan fingerprint density at radius 2 is 2.00 bits per heavy atom. The number of hydrogen-bond donors (Lipinski definition) is 2. The maximum absolute atomic E-state index is 11.9. The molecule has 4 heteroatoms. The van der Waals surface area contributed by atoms with Crippen LogP contribution in [0.25, 0.3) is 0 Å². The predicted molar refractivity (Wildman–Crippen MR) is 80.3 cm³/mol. The molecule has 3 fully saturated rings. The first-order chi connectivity index (χ1) is 9.31. The van der Waals surface area contributed by atoms with E-state index in [1.807, 2.05) is 11.8 Å². The Labute approximate surface area is 120 Å². The highest BCUT2D eigenvalue weighted by molar-refractivity contribution is 8.00. The van der Waals surface area contributed by atoms with Gasteiger partial charge in [0.15, 0.2) is 0 Å². The Morgan fingerprint density at radius 3 is 2.68 bits per heavy atom. The molecule has 0 aromatic carbocycles. The summed E-state index contributed by atoms with van der Waals surface area (Å²) in [6.45, 7) is 3.17. The van der Waals surface area contributed by atoms with Crippen LogP contribution in [0.2, 0.25) is 0 Å². The number of fused-ring (bicyclic) bond motifs is 2. The molecule has 0 aromatic heterocycles. The molecule has 0 spiro atoms. The van der Waals surface area contributed by atoms with E-state index in [4.69, 9.17) is 0 Å². The smallest absolute Gasteiger partial charge is 0.230 e. The number of carbonyl (C=O) groups is 1. The van der Waals surface area contributed by atoms with Gasteiger partial charge in [0.05, 0.1) is 5.75 Å². The molecule has 19 heavy (non-hydrogen) atoms. The Kier molecular flexibility index (Phi) is 4.69. The molecule has 108 valence electrons. The van der Waals surface area contributed by atoms with Gasteiger partial charge in [-0.05, 0) is 62.9 Å². The summed E-state index contributed by atoms with van der Waals surface area (Å²) < 4.78 is 0. The van der Waals surface area contributed by atoms with E-state index in [9.17, 15) is 4.79 Å². The third-order valence-corrected chi connectivity index (χ3v) is 6.55. The predicted octanol–water partition coefficient (Wildman–Crippen LogP) is 2.02. The van der Waals surface area contributed by atoms with E-state index < -0.39 is 0 Å². The molecular weight excluding hydrogens is 256 g/mol. The van der Waals surface area contributed by atoms with Gasteiger partial charge in [0.2, 0.25) is 5.91 Å². The number of hydrogen-bond acceptors (Lipinski definition) is 3. The molecule has 2 saturated carbocycles. The fourth-order valence-electron chi connectivity index (χ4n) is 4.08. The summed E-state index contributed by atoms with van der Waals surface area (Å²) in [5, 5.41) is 7.23. The molecule has 1 amide bonds. The molecule has 2 aliphatic carbocycles. The lowest BCUT2D eigenvalue weighted by atomic mass is 9.89. The van der Waals surface area contributed by atoms with Crippen molar-refractivity contribution in [2.75, 3.05) is 25.4 Å². The van der Waals surface area contributed by atoms with Crippen molar-refractivity contribution < 1.29 is 4.79 Å². The number of amides is 1. The quantitative estimate of drug-likeness (QED) is 0.810. The molecule has 3 atom stereocenters. The summed E-state index contributed by atoms with van der Waals surface area (Å²) in [5.41, 5.74) is 0. The van der Waals surface area contributed by atoms with Crippen LogP contribution in [0.3, 0.4) is 0 Å². The molecule has 3 nitrogen and oxygen atoms in total. The van der Waals surface area contributed by atoms with Gasteiger partial charge < -0.3 is 10.6 Å². The van der Waals surface area contributed by atoms with Crippen LogP contribution in [0.1, 0.15) is 38.5 Å². The van der Waals surface area contributed by atoms with Gasteiger partial charge in [-0.3, -0.25) is 4.79 Å². The van der Waals surface area contributed by atoms with E-state index >= 15 is 0 Å². The third-order valence-electron chi connectivity index (χ3n) is 5.18. The van der Waals surface area contributed by atoms with Crippen LogP contribution in [-0.2, 0) is 4.79 Å². The van der Waals surface area contributed by atoms with Crippen LogP contribution in [0.5, 0.6) is 0 Å². The zero-order valence-electron chi connectivity index (χ0n) is 11.7. The Morgan fingerprint density at radius 1 is 1.16 bits per heavy atom. The van der Waals surface area contributed by atoms with E-state index in [1.165, 1.54) is 38.5 Å². The van der Waals surface area contributed by atoms with Gasteiger partial charge in [-0.15, -0.1) is 11.8 Å². The lowest BCUT2D eigenvalue weighted by molar-refractivity contribution is -0.118. The lowest BCUT2D eigenvalue weighted by Crippen LogP contribution is -2.34. The number of thioether (sulfide) groups is 1. The van der Waals surface area contributed by atoms with Gasteiger partial charge in [-0.2, -0.15) is 0 Å². The molecular formula is C15H26N2OS. The molecule has 3 rings (SSSR count). The monoisotopic (exact) mass is 282 g/mol. The number of nitrogens with one attached hydrogen (secondary N) is 2. The van der Waals surface area contributed by atoms with Crippen LogP contribution >= 0.6 is 11.8 Å². The summed E-state index contributed by atoms with van der Waals surface area (Å²) in [5.74, 6) is 3.60. The van der Waals surface area contributed by atoms with Gasteiger partial charge in [0, 0.05) is 11.8 Å². The Bertz CT molecular complexity index is 317. The molecule has 0 aromatic rings. The largest absolute Gasteiger partial charge is 0.355 e. The molecule has 1 heterocycles. The Hall–Kier alpha value is -0.220. The zero-order chi connectivity index (χ0) is 13.1. The van der Waals surface area contributed by atoms with Crippen LogP contribution in [0.4, 0.5) is 0 Å². The van der Waals surface area contributed by atoms with Crippen molar-refractivity contribution in [3.8, 4) is 0 Å². The van der Waals surface area contributed by atoms with Crippen molar-refractivity contribution in [2.24, 2.45) is 17.8 Å². The summed E-state index contributed by atoms with van der Waals surface area (Å²) in [6, 6.07) is 0. The van der Waals surface area contributed by atoms with Crippen molar-refractivity contribution in [3.05, 3.63) is 0 Å². The fraction of sp³-hybridized carbons (Fsp3) is 0.933. The normalized spacial score (nSPS) is 34.6. The molecule has 3 aliphatic rings. The summed E-state index contributed by atoms with van der Waals surface area (Å²) in [4.78, 5) is 11.9. The average molecular weight is 282 g/mol. The number of carbonyl (C=O) groups excluding carboxylic acids is 1. The van der Waals surface area contributed by atoms with Crippen molar-refractivity contribution in [2.45, 2.75) is 43.8 Å². The number of rotatable bonds is 5. The average Bonchev–Trinajstić information content (AvgIpc) is 3.06. The van der Waals surface area contributed by atoms with E-state index in [0.717, 1.165) is 37.4 Å². The minimum atomic E-state index is 0.256. The molecule has 2 bridgehead atoms. The first-order valence-corrected chi connectivity index (χ1v) is 8.95. The van der Waals surface area contributed by atoms with Gasteiger partial charge in [0.1, 0.15) is 0 Å². The minimum Gasteiger partial charge on any atom is -0.355 e. The Balaban J connectivity index is 1.30. The van der Waals surface area contributed by atoms with Crippen LogP contribution in [0, 0.1) is 17.8 Å². The van der Waals surface area contributed by atoms with Crippen molar-refractivity contribution in [1.82, 2.24) is 10.6 Å². The second kappa shape index (κ2) is 6.49. The molecule has 3 unspecified atom stereocenters. The van der Waals surface area contributed by atoms with E-state index in [1.54, 1.807) is 0 Å². The number of piperidine rings is 1. The van der Waals surface area contributed by atoms with Crippen molar-refractivity contribution in [3.63, 3.8) is 0 Å². The van der Waals surface area contributed by atoms with Crippen LogP contribution < -0.4 is 10.6 Å². The first-order valence-electron chi connectivity index (χ1n) is 7.90. The molecule has 1 saturated heterocycles. The van der Waals surface area contributed by atoms with E-state index in [0.29, 0.717) is 11.0 Å². The lowest BCUT2D eigenvalue weighted by Gasteiger charge is -2.23. The van der Waals surface area contributed by atoms with E-state index in [-0.39, 0.29) is 5.91 Å². The fourth-order valence-corrected chi connectivity index (χ4v) is 5.14. The SMILES string of the molecule is O=C(CSC1CCNCC1)NCC1CC2CCC1C2. The van der Waals surface area contributed by atoms with Gasteiger partial charge in [-0.25, -0.2) is 0 Å². The van der Waals surface area contributed by atoms with Crippen LogP contribution in [0.15, 0.2) is 0 Å². The highest BCUT2D eigenvalue weighted by atomic mass is 32.2. The second-order valence-corrected chi connectivity index (χ2v) is 7.79. The second-order valence-electron chi connectivity index (χ2n) is 6.50. The van der Waals surface area contributed by atoms with Gasteiger partial charge >= 0.3 is 0 Å². The minimum absolute atomic E-state index is 0.256.